The van der Waals surface area contributed by atoms with Gasteiger partial charge < -0.3 is 14.7 Å². The summed E-state index contributed by atoms with van der Waals surface area (Å²) in [5, 5.41) is 11.1. The molecule has 1 unspecified atom stereocenters. The number of nitrogens with zero attached hydrogens (tertiary/aromatic N) is 5. The Labute approximate surface area is 193 Å². The van der Waals surface area contributed by atoms with E-state index in [-0.39, 0.29) is 5.91 Å². The van der Waals surface area contributed by atoms with Crippen molar-refractivity contribution >= 4 is 28.9 Å². The van der Waals surface area contributed by atoms with E-state index >= 15 is 0 Å². The quantitative estimate of drug-likeness (QED) is 0.587. The van der Waals surface area contributed by atoms with Crippen molar-refractivity contribution in [1.29, 1.82) is 0 Å². The molecule has 1 amide bonds. The Bertz CT molecular complexity index is 1030. The van der Waals surface area contributed by atoms with Gasteiger partial charge in [-0.1, -0.05) is 18.2 Å². The molecule has 0 N–H and O–H groups in total. The summed E-state index contributed by atoms with van der Waals surface area (Å²) in [7, 11) is 0. The Balaban J connectivity index is 1.18. The van der Waals surface area contributed by atoms with Gasteiger partial charge in [0.25, 0.3) is 5.91 Å². The number of thiophene rings is 1. The fraction of sp³-hybridized carbons (Fsp3) is 0.400. The SMILES string of the molecule is CC1CCCCN1c1ccc(N2CCN(C(=O)c3ccc(-c4cccs4)cc3)CC2)nn1. The van der Waals surface area contributed by atoms with E-state index in [1.54, 1.807) is 11.3 Å². The molecule has 32 heavy (non-hydrogen) atoms. The maximum Gasteiger partial charge on any atom is 0.253 e. The lowest BCUT2D eigenvalue weighted by molar-refractivity contribution is 0.0746. The van der Waals surface area contributed by atoms with E-state index in [1.165, 1.54) is 24.1 Å². The largest absolute Gasteiger partial charge is 0.352 e. The first-order chi connectivity index (χ1) is 15.7. The number of piperazine rings is 1. The van der Waals surface area contributed by atoms with Crippen molar-refractivity contribution in [3.63, 3.8) is 0 Å². The monoisotopic (exact) mass is 447 g/mol. The zero-order valence-corrected chi connectivity index (χ0v) is 19.3. The van der Waals surface area contributed by atoms with Gasteiger partial charge in [0.2, 0.25) is 0 Å². The van der Waals surface area contributed by atoms with E-state index in [9.17, 15) is 4.79 Å². The highest BCUT2D eigenvalue weighted by molar-refractivity contribution is 7.13. The summed E-state index contributed by atoms with van der Waals surface area (Å²) in [6, 6.07) is 16.8. The van der Waals surface area contributed by atoms with E-state index in [0.717, 1.165) is 42.4 Å². The molecular weight excluding hydrogens is 418 g/mol. The van der Waals surface area contributed by atoms with E-state index in [4.69, 9.17) is 0 Å². The summed E-state index contributed by atoms with van der Waals surface area (Å²) < 4.78 is 0. The highest BCUT2D eigenvalue weighted by Crippen LogP contribution is 2.26. The van der Waals surface area contributed by atoms with Gasteiger partial charge in [0.15, 0.2) is 11.6 Å². The lowest BCUT2D eigenvalue weighted by Crippen LogP contribution is -2.49. The minimum atomic E-state index is 0.0999. The Morgan fingerprint density at radius 2 is 1.66 bits per heavy atom. The summed E-state index contributed by atoms with van der Waals surface area (Å²) in [6.07, 6.45) is 3.74. The predicted molar refractivity (Wildman–Crippen MR) is 131 cm³/mol. The van der Waals surface area contributed by atoms with Crippen LogP contribution < -0.4 is 9.80 Å². The molecule has 1 atom stereocenters. The lowest BCUT2D eigenvalue weighted by Gasteiger charge is -2.36. The first-order valence-corrected chi connectivity index (χ1v) is 12.4. The average molecular weight is 448 g/mol. The number of carbonyl (C=O) groups excluding carboxylic acids is 1. The maximum absolute atomic E-state index is 13.0. The molecule has 2 fully saturated rings. The molecule has 0 radical (unpaired) electrons. The van der Waals surface area contributed by atoms with E-state index in [0.29, 0.717) is 19.1 Å². The molecule has 0 bridgehead atoms. The molecule has 5 rings (SSSR count). The molecule has 7 heteroatoms. The molecule has 4 heterocycles. The third-order valence-electron chi connectivity index (χ3n) is 6.56. The van der Waals surface area contributed by atoms with E-state index in [1.807, 2.05) is 35.2 Å². The van der Waals surface area contributed by atoms with Gasteiger partial charge in [-0.3, -0.25) is 4.79 Å². The van der Waals surface area contributed by atoms with Crippen LogP contribution >= 0.6 is 11.3 Å². The lowest BCUT2D eigenvalue weighted by atomic mass is 10.0. The highest BCUT2D eigenvalue weighted by Gasteiger charge is 2.24. The number of aromatic nitrogens is 2. The molecule has 1 aromatic carbocycles. The number of carbonyl (C=O) groups is 1. The minimum Gasteiger partial charge on any atom is -0.352 e. The van der Waals surface area contributed by atoms with Crippen molar-refractivity contribution in [2.75, 3.05) is 42.5 Å². The van der Waals surface area contributed by atoms with Gasteiger partial charge in [0.1, 0.15) is 0 Å². The van der Waals surface area contributed by atoms with Crippen LogP contribution in [0.5, 0.6) is 0 Å². The molecule has 2 aliphatic heterocycles. The minimum absolute atomic E-state index is 0.0999. The Kier molecular flexibility index (Phi) is 6.08. The number of piperidine rings is 1. The fourth-order valence-electron chi connectivity index (χ4n) is 4.62. The van der Waals surface area contributed by atoms with Crippen LogP contribution in [0.1, 0.15) is 36.5 Å². The zero-order chi connectivity index (χ0) is 21.9. The topological polar surface area (TPSA) is 52.6 Å². The van der Waals surface area contributed by atoms with Crippen LogP contribution in [0, 0.1) is 0 Å². The first-order valence-electron chi connectivity index (χ1n) is 11.5. The normalized spacial score (nSPS) is 19.3. The molecule has 2 aliphatic rings. The van der Waals surface area contributed by atoms with Gasteiger partial charge in [-0.15, -0.1) is 21.5 Å². The fourth-order valence-corrected chi connectivity index (χ4v) is 5.35. The summed E-state index contributed by atoms with van der Waals surface area (Å²) in [6.45, 7) is 6.25. The van der Waals surface area contributed by atoms with Gasteiger partial charge in [-0.2, -0.15) is 0 Å². The Morgan fingerprint density at radius 1 is 0.906 bits per heavy atom. The second kappa shape index (κ2) is 9.28. The third-order valence-corrected chi connectivity index (χ3v) is 7.48. The Morgan fingerprint density at radius 3 is 2.31 bits per heavy atom. The van der Waals surface area contributed by atoms with Crippen molar-refractivity contribution in [1.82, 2.24) is 15.1 Å². The molecule has 3 aromatic rings. The molecule has 2 saturated heterocycles. The van der Waals surface area contributed by atoms with Gasteiger partial charge in [0.05, 0.1) is 0 Å². The van der Waals surface area contributed by atoms with Crippen LogP contribution in [0.4, 0.5) is 11.6 Å². The van der Waals surface area contributed by atoms with Crippen LogP contribution in [-0.2, 0) is 0 Å². The van der Waals surface area contributed by atoms with E-state index in [2.05, 4.69) is 50.5 Å². The van der Waals surface area contributed by atoms with Crippen molar-refractivity contribution in [2.45, 2.75) is 32.2 Å². The van der Waals surface area contributed by atoms with Crippen LogP contribution in [-0.4, -0.2) is 59.8 Å². The summed E-state index contributed by atoms with van der Waals surface area (Å²) in [5.41, 5.74) is 1.90. The van der Waals surface area contributed by atoms with Gasteiger partial charge in [0, 0.05) is 49.2 Å². The van der Waals surface area contributed by atoms with Crippen LogP contribution in [0.3, 0.4) is 0 Å². The maximum atomic E-state index is 13.0. The highest BCUT2D eigenvalue weighted by atomic mass is 32.1. The molecule has 166 valence electrons. The molecule has 2 aromatic heterocycles. The summed E-state index contributed by atoms with van der Waals surface area (Å²) >= 11 is 1.71. The number of amides is 1. The van der Waals surface area contributed by atoms with Crippen molar-refractivity contribution < 1.29 is 4.79 Å². The van der Waals surface area contributed by atoms with Gasteiger partial charge in [-0.25, -0.2) is 0 Å². The number of rotatable bonds is 4. The molecule has 6 nitrogen and oxygen atoms in total. The van der Waals surface area contributed by atoms with Gasteiger partial charge in [-0.05, 0) is 67.5 Å². The first kappa shape index (κ1) is 20.9. The number of anilines is 2. The van der Waals surface area contributed by atoms with Crippen LogP contribution in [0.25, 0.3) is 10.4 Å². The smallest absolute Gasteiger partial charge is 0.253 e. The van der Waals surface area contributed by atoms with Gasteiger partial charge >= 0.3 is 0 Å². The molecule has 0 spiro atoms. The number of hydrogen-bond donors (Lipinski definition) is 0. The third kappa shape index (κ3) is 4.35. The standard InChI is InChI=1S/C25H29N5OS/c1-19-5-2-3-13-30(19)24-12-11-23(26-27-24)28-14-16-29(17-15-28)25(31)21-9-7-20(8-10-21)22-6-4-18-32-22/h4,6-12,18-19H,2-3,5,13-17H2,1H3. The van der Waals surface area contributed by atoms with Crippen molar-refractivity contribution in [3.8, 4) is 10.4 Å². The van der Waals surface area contributed by atoms with Crippen molar-refractivity contribution in [2.24, 2.45) is 0 Å². The Hall–Kier alpha value is -2.93. The summed E-state index contributed by atoms with van der Waals surface area (Å²) in [5.74, 6) is 1.97. The molecule has 0 saturated carbocycles. The summed E-state index contributed by atoms with van der Waals surface area (Å²) in [4.78, 5) is 20.7. The van der Waals surface area contributed by atoms with Crippen molar-refractivity contribution in [3.05, 3.63) is 59.5 Å². The average Bonchev–Trinajstić information content (AvgIpc) is 3.39. The number of hydrogen-bond acceptors (Lipinski definition) is 6. The van der Waals surface area contributed by atoms with E-state index < -0.39 is 0 Å². The molecule has 0 aliphatic carbocycles. The van der Waals surface area contributed by atoms with Crippen LogP contribution in [0.15, 0.2) is 53.9 Å². The van der Waals surface area contributed by atoms with Crippen LogP contribution in [0.2, 0.25) is 0 Å². The zero-order valence-electron chi connectivity index (χ0n) is 18.5. The second-order valence-electron chi connectivity index (χ2n) is 8.62. The predicted octanol–water partition coefficient (Wildman–Crippen LogP) is 4.55. The second-order valence-corrected chi connectivity index (χ2v) is 9.57. The molecular formula is C25H29N5OS. The number of benzene rings is 1.